The second-order valence-corrected chi connectivity index (χ2v) is 7.04. The summed E-state index contributed by atoms with van der Waals surface area (Å²) in [4.78, 5) is 19.0. The van der Waals surface area contributed by atoms with E-state index in [0.29, 0.717) is 13.2 Å². The lowest BCUT2D eigenvalue weighted by atomic mass is 10.1. The average molecular weight is 371 g/mol. The van der Waals surface area contributed by atoms with Crippen LogP contribution in [0.3, 0.4) is 0 Å². The zero-order valence-electron chi connectivity index (χ0n) is 16.4. The van der Waals surface area contributed by atoms with Crippen molar-refractivity contribution < 1.29 is 9.53 Å². The number of carbonyl (C=O) groups is 1. The van der Waals surface area contributed by atoms with Crippen LogP contribution in [0.15, 0.2) is 24.4 Å². The van der Waals surface area contributed by atoms with Crippen LogP contribution >= 0.6 is 0 Å². The Morgan fingerprint density at radius 1 is 1.37 bits per heavy atom. The Balaban J connectivity index is 1.50. The number of hydrogen-bond donors (Lipinski definition) is 1. The molecule has 3 heterocycles. The van der Waals surface area contributed by atoms with Crippen molar-refractivity contribution in [1.29, 1.82) is 0 Å². The van der Waals surface area contributed by atoms with Crippen molar-refractivity contribution in [3.05, 3.63) is 41.5 Å². The van der Waals surface area contributed by atoms with Crippen LogP contribution in [0.2, 0.25) is 0 Å². The molecule has 1 aliphatic heterocycles. The van der Waals surface area contributed by atoms with Gasteiger partial charge in [-0.1, -0.05) is 6.07 Å². The van der Waals surface area contributed by atoms with Gasteiger partial charge in [-0.3, -0.25) is 19.4 Å². The van der Waals surface area contributed by atoms with Crippen molar-refractivity contribution in [3.8, 4) is 0 Å². The normalized spacial score (nSPS) is 17.8. The summed E-state index contributed by atoms with van der Waals surface area (Å²) in [6.45, 7) is 9.34. The third-order valence-corrected chi connectivity index (χ3v) is 4.97. The number of likely N-dealkylation sites (tertiary alicyclic amines) is 1. The quantitative estimate of drug-likeness (QED) is 0.810. The molecule has 1 fully saturated rings. The minimum absolute atomic E-state index is 0.00206. The van der Waals surface area contributed by atoms with Gasteiger partial charge < -0.3 is 10.1 Å². The van der Waals surface area contributed by atoms with E-state index >= 15 is 0 Å². The molecule has 2 aromatic rings. The Morgan fingerprint density at radius 3 is 2.93 bits per heavy atom. The van der Waals surface area contributed by atoms with E-state index in [1.165, 1.54) is 0 Å². The van der Waals surface area contributed by atoms with Crippen LogP contribution in [-0.4, -0.2) is 51.3 Å². The maximum absolute atomic E-state index is 12.5. The SMILES string of the molecule is CCn1nc(C)c(NC(=O)CN2CCCC(OCc3ccccn3)C2)c1C. The zero-order chi connectivity index (χ0) is 19.2. The van der Waals surface area contributed by atoms with Crippen LogP contribution in [0.5, 0.6) is 0 Å². The molecule has 0 aromatic carbocycles. The number of piperidine rings is 1. The van der Waals surface area contributed by atoms with Crippen molar-refractivity contribution in [1.82, 2.24) is 19.7 Å². The molecule has 1 atom stereocenters. The van der Waals surface area contributed by atoms with Crippen LogP contribution in [-0.2, 0) is 22.7 Å². The van der Waals surface area contributed by atoms with Gasteiger partial charge in [-0.25, -0.2) is 0 Å². The number of amides is 1. The molecule has 146 valence electrons. The predicted octanol–water partition coefficient (Wildman–Crippen LogP) is 2.53. The molecule has 1 aliphatic rings. The Morgan fingerprint density at radius 2 is 2.22 bits per heavy atom. The van der Waals surface area contributed by atoms with Gasteiger partial charge in [-0.15, -0.1) is 0 Å². The minimum atomic E-state index is 0.00206. The van der Waals surface area contributed by atoms with E-state index in [4.69, 9.17) is 4.74 Å². The highest BCUT2D eigenvalue weighted by molar-refractivity contribution is 5.93. The second kappa shape index (κ2) is 9.10. The highest BCUT2D eigenvalue weighted by atomic mass is 16.5. The zero-order valence-corrected chi connectivity index (χ0v) is 16.4. The Labute approximate surface area is 160 Å². The summed E-state index contributed by atoms with van der Waals surface area (Å²) in [5, 5.41) is 7.49. The van der Waals surface area contributed by atoms with Crippen molar-refractivity contribution in [2.75, 3.05) is 25.0 Å². The van der Waals surface area contributed by atoms with Crippen molar-refractivity contribution in [2.45, 2.75) is 52.9 Å². The number of ether oxygens (including phenoxy) is 1. The first-order chi connectivity index (χ1) is 13.1. The lowest BCUT2D eigenvalue weighted by molar-refractivity contribution is -0.118. The van der Waals surface area contributed by atoms with Crippen LogP contribution in [0.25, 0.3) is 0 Å². The van der Waals surface area contributed by atoms with Gasteiger partial charge in [0, 0.05) is 19.3 Å². The summed E-state index contributed by atoms with van der Waals surface area (Å²) in [6.07, 6.45) is 3.97. The van der Waals surface area contributed by atoms with E-state index in [-0.39, 0.29) is 12.0 Å². The molecule has 7 heteroatoms. The lowest BCUT2D eigenvalue weighted by Gasteiger charge is -2.32. The number of anilines is 1. The van der Waals surface area contributed by atoms with Crippen LogP contribution in [0.4, 0.5) is 5.69 Å². The van der Waals surface area contributed by atoms with Gasteiger partial charge >= 0.3 is 0 Å². The first kappa shape index (κ1) is 19.5. The summed E-state index contributed by atoms with van der Waals surface area (Å²) in [5.74, 6) is 0.00206. The standard InChI is InChI=1S/C20H29N5O2/c1-4-25-16(3)20(15(2)23-25)22-19(26)13-24-11-7-9-18(12-24)27-14-17-8-5-6-10-21-17/h5-6,8,10,18H,4,7,9,11-14H2,1-3H3,(H,22,26). The number of nitrogens with one attached hydrogen (secondary N) is 1. The van der Waals surface area contributed by atoms with E-state index < -0.39 is 0 Å². The highest BCUT2D eigenvalue weighted by Gasteiger charge is 2.23. The van der Waals surface area contributed by atoms with Crippen molar-refractivity contribution in [2.24, 2.45) is 0 Å². The first-order valence-corrected chi connectivity index (χ1v) is 9.64. The van der Waals surface area contributed by atoms with Gasteiger partial charge in [0.15, 0.2) is 0 Å². The predicted molar refractivity (Wildman–Crippen MR) is 104 cm³/mol. The maximum Gasteiger partial charge on any atom is 0.238 e. The maximum atomic E-state index is 12.5. The van der Waals surface area contributed by atoms with E-state index in [1.807, 2.05) is 43.7 Å². The molecule has 1 unspecified atom stereocenters. The number of rotatable bonds is 7. The topological polar surface area (TPSA) is 72.3 Å². The average Bonchev–Trinajstić information content (AvgIpc) is 2.95. The van der Waals surface area contributed by atoms with Gasteiger partial charge in [-0.05, 0) is 52.3 Å². The summed E-state index contributed by atoms with van der Waals surface area (Å²) in [7, 11) is 0. The molecule has 0 radical (unpaired) electrons. The Hall–Kier alpha value is -2.25. The smallest absolute Gasteiger partial charge is 0.238 e. The molecule has 0 spiro atoms. The molecule has 1 saturated heterocycles. The first-order valence-electron chi connectivity index (χ1n) is 9.64. The third kappa shape index (κ3) is 5.14. The summed E-state index contributed by atoms with van der Waals surface area (Å²) in [5.41, 5.74) is 3.63. The molecule has 2 aromatic heterocycles. The lowest BCUT2D eigenvalue weighted by Crippen LogP contribution is -2.43. The number of pyridine rings is 1. The van der Waals surface area contributed by atoms with Gasteiger partial charge in [0.05, 0.1) is 42.0 Å². The van der Waals surface area contributed by atoms with Gasteiger partial charge in [0.1, 0.15) is 0 Å². The number of aryl methyl sites for hydroxylation is 2. The van der Waals surface area contributed by atoms with Gasteiger partial charge in [-0.2, -0.15) is 5.10 Å². The second-order valence-electron chi connectivity index (χ2n) is 7.04. The van der Waals surface area contributed by atoms with E-state index in [1.54, 1.807) is 6.20 Å². The fourth-order valence-electron chi connectivity index (χ4n) is 3.55. The monoisotopic (exact) mass is 371 g/mol. The van der Waals surface area contributed by atoms with E-state index in [9.17, 15) is 4.79 Å². The molecule has 0 bridgehead atoms. The van der Waals surface area contributed by atoms with E-state index in [2.05, 4.69) is 20.3 Å². The molecule has 1 N–H and O–H groups in total. The molecule has 27 heavy (non-hydrogen) atoms. The third-order valence-electron chi connectivity index (χ3n) is 4.97. The Bertz CT molecular complexity index is 759. The Kier molecular flexibility index (Phi) is 6.58. The van der Waals surface area contributed by atoms with Crippen LogP contribution in [0, 0.1) is 13.8 Å². The molecular weight excluding hydrogens is 342 g/mol. The molecule has 3 rings (SSSR count). The number of aromatic nitrogens is 3. The summed E-state index contributed by atoms with van der Waals surface area (Å²) < 4.78 is 7.92. The van der Waals surface area contributed by atoms with Crippen LogP contribution < -0.4 is 5.32 Å². The fraction of sp³-hybridized carbons (Fsp3) is 0.550. The van der Waals surface area contributed by atoms with Crippen molar-refractivity contribution >= 4 is 11.6 Å². The van der Waals surface area contributed by atoms with E-state index in [0.717, 1.165) is 55.2 Å². The number of carbonyl (C=O) groups excluding carboxylic acids is 1. The molecule has 7 nitrogen and oxygen atoms in total. The highest BCUT2D eigenvalue weighted by Crippen LogP contribution is 2.20. The summed E-state index contributed by atoms with van der Waals surface area (Å²) in [6, 6.07) is 5.83. The van der Waals surface area contributed by atoms with Gasteiger partial charge in [0.2, 0.25) is 5.91 Å². The van der Waals surface area contributed by atoms with Gasteiger partial charge in [0.25, 0.3) is 0 Å². The number of nitrogens with zero attached hydrogens (tertiary/aromatic N) is 4. The molecule has 0 saturated carbocycles. The fourth-order valence-corrected chi connectivity index (χ4v) is 3.55. The van der Waals surface area contributed by atoms with Crippen LogP contribution in [0.1, 0.15) is 36.8 Å². The molecular formula is C20H29N5O2. The molecule has 1 amide bonds. The largest absolute Gasteiger partial charge is 0.371 e. The molecule has 0 aliphatic carbocycles. The van der Waals surface area contributed by atoms with Crippen molar-refractivity contribution in [3.63, 3.8) is 0 Å². The summed E-state index contributed by atoms with van der Waals surface area (Å²) >= 11 is 0. The number of hydrogen-bond acceptors (Lipinski definition) is 5. The minimum Gasteiger partial charge on any atom is -0.371 e.